The minimum atomic E-state index is 0.312. The van der Waals surface area contributed by atoms with Crippen molar-refractivity contribution in [2.75, 3.05) is 19.5 Å². The lowest BCUT2D eigenvalue weighted by Crippen LogP contribution is -2.11. The molecule has 1 aromatic carbocycles. The monoisotopic (exact) mass is 302 g/mol. The molecule has 0 radical (unpaired) electrons. The van der Waals surface area contributed by atoms with Gasteiger partial charge in [-0.25, -0.2) is 0 Å². The van der Waals surface area contributed by atoms with Gasteiger partial charge in [-0.05, 0) is 43.4 Å². The summed E-state index contributed by atoms with van der Waals surface area (Å²) in [6.07, 6.45) is 5.77. The zero-order valence-electron chi connectivity index (χ0n) is 13.1. The Kier molecular flexibility index (Phi) is 4.51. The predicted octanol–water partition coefficient (Wildman–Crippen LogP) is 3.64. The molecular weight excluding hydrogens is 280 g/mol. The smallest absolute Gasteiger partial charge is 0.224 e. The maximum absolute atomic E-state index is 6.12. The summed E-state index contributed by atoms with van der Waals surface area (Å²) in [6, 6.07) is 7.94. The number of hydrogen-bond acceptors (Lipinski definition) is 5. The van der Waals surface area contributed by atoms with E-state index in [1.807, 2.05) is 31.3 Å². The van der Waals surface area contributed by atoms with Gasteiger partial charge in [-0.2, -0.15) is 0 Å². The molecule has 22 heavy (non-hydrogen) atoms. The van der Waals surface area contributed by atoms with Crippen molar-refractivity contribution in [3.8, 4) is 11.5 Å². The van der Waals surface area contributed by atoms with Gasteiger partial charge in [-0.15, -0.1) is 0 Å². The van der Waals surface area contributed by atoms with E-state index in [9.17, 15) is 0 Å². The van der Waals surface area contributed by atoms with E-state index >= 15 is 0 Å². The van der Waals surface area contributed by atoms with Crippen molar-refractivity contribution >= 4 is 5.88 Å². The number of nitrogens with zero attached hydrogens (tertiary/aromatic N) is 1. The number of methoxy groups -OCH3 is 1. The van der Waals surface area contributed by atoms with E-state index in [1.54, 1.807) is 7.11 Å². The van der Waals surface area contributed by atoms with E-state index < -0.39 is 0 Å². The lowest BCUT2D eigenvalue weighted by molar-refractivity contribution is 0.200. The van der Waals surface area contributed by atoms with E-state index in [-0.39, 0.29) is 0 Å². The average Bonchev–Trinajstić information content (AvgIpc) is 3.19. The molecule has 2 aromatic rings. The molecule has 1 N–H and O–H groups in total. The quantitative estimate of drug-likeness (QED) is 0.883. The Bertz CT molecular complexity index is 618. The van der Waals surface area contributed by atoms with Crippen molar-refractivity contribution in [1.29, 1.82) is 0 Å². The van der Waals surface area contributed by atoms with Crippen LogP contribution in [-0.4, -0.2) is 25.4 Å². The van der Waals surface area contributed by atoms with E-state index in [2.05, 4.69) is 10.5 Å². The lowest BCUT2D eigenvalue weighted by Gasteiger charge is -2.16. The van der Waals surface area contributed by atoms with Gasteiger partial charge in [0.2, 0.25) is 5.88 Å². The van der Waals surface area contributed by atoms with Gasteiger partial charge in [0.05, 0.1) is 18.9 Å². The van der Waals surface area contributed by atoms with Crippen molar-refractivity contribution in [2.45, 2.75) is 38.2 Å². The summed E-state index contributed by atoms with van der Waals surface area (Å²) in [6.45, 7) is 0. The van der Waals surface area contributed by atoms with E-state index in [0.29, 0.717) is 18.4 Å². The molecule has 0 atom stereocenters. The number of aromatic nitrogens is 1. The topological polar surface area (TPSA) is 56.5 Å². The van der Waals surface area contributed by atoms with Gasteiger partial charge in [0.1, 0.15) is 0 Å². The Morgan fingerprint density at radius 3 is 2.73 bits per heavy atom. The number of ether oxygens (including phenoxy) is 2. The van der Waals surface area contributed by atoms with Crippen molar-refractivity contribution in [3.05, 3.63) is 35.5 Å². The molecule has 0 aliphatic heterocycles. The molecule has 3 rings (SSSR count). The highest BCUT2D eigenvalue weighted by Gasteiger charge is 2.18. The van der Waals surface area contributed by atoms with Crippen LogP contribution in [0.1, 0.15) is 36.9 Å². The van der Waals surface area contributed by atoms with Crippen molar-refractivity contribution < 1.29 is 14.0 Å². The first-order valence-electron chi connectivity index (χ1n) is 7.75. The van der Waals surface area contributed by atoms with E-state index in [0.717, 1.165) is 35.6 Å². The third kappa shape index (κ3) is 3.35. The zero-order valence-corrected chi connectivity index (χ0v) is 13.1. The minimum Gasteiger partial charge on any atom is -0.493 e. The van der Waals surface area contributed by atoms with Crippen LogP contribution < -0.4 is 14.8 Å². The maximum atomic E-state index is 6.12. The van der Waals surface area contributed by atoms with Gasteiger partial charge >= 0.3 is 0 Å². The third-order valence-electron chi connectivity index (χ3n) is 4.01. The van der Waals surface area contributed by atoms with Crippen LogP contribution >= 0.6 is 0 Å². The number of hydrogen-bond donors (Lipinski definition) is 1. The summed E-state index contributed by atoms with van der Waals surface area (Å²) >= 11 is 0. The molecule has 1 aliphatic rings. The molecule has 1 fully saturated rings. The molecule has 5 heteroatoms. The fourth-order valence-electron chi connectivity index (χ4n) is 2.83. The lowest BCUT2D eigenvalue weighted by atomic mass is 10.1. The standard InChI is InChI=1S/C17H22N2O3/c1-18-17-11-13(19-22-17)9-12-7-8-15(20-2)16(10-12)21-14-5-3-4-6-14/h7-8,10-11,14,18H,3-6,9H2,1-2H3. The molecule has 0 amide bonds. The predicted molar refractivity (Wildman–Crippen MR) is 84.7 cm³/mol. The molecule has 1 aliphatic carbocycles. The molecule has 1 heterocycles. The Morgan fingerprint density at radius 1 is 1.23 bits per heavy atom. The second kappa shape index (κ2) is 6.73. The molecule has 0 saturated heterocycles. The first-order chi connectivity index (χ1) is 10.8. The minimum absolute atomic E-state index is 0.312. The Balaban J connectivity index is 1.76. The molecule has 5 nitrogen and oxygen atoms in total. The Morgan fingerprint density at radius 2 is 2.05 bits per heavy atom. The largest absolute Gasteiger partial charge is 0.493 e. The van der Waals surface area contributed by atoms with Crippen molar-refractivity contribution in [1.82, 2.24) is 5.16 Å². The normalized spacial score (nSPS) is 15.0. The van der Waals surface area contributed by atoms with Crippen LogP contribution in [0.15, 0.2) is 28.8 Å². The molecule has 1 aromatic heterocycles. The molecule has 118 valence electrons. The van der Waals surface area contributed by atoms with Gasteiger partial charge in [-0.3, -0.25) is 0 Å². The molecule has 0 spiro atoms. The van der Waals surface area contributed by atoms with Crippen LogP contribution in [0.2, 0.25) is 0 Å². The van der Waals surface area contributed by atoms with Gasteiger partial charge in [-0.1, -0.05) is 11.2 Å². The van der Waals surface area contributed by atoms with Crippen molar-refractivity contribution in [3.63, 3.8) is 0 Å². The fourth-order valence-corrected chi connectivity index (χ4v) is 2.83. The Labute approximate surface area is 130 Å². The number of benzene rings is 1. The first-order valence-corrected chi connectivity index (χ1v) is 7.75. The summed E-state index contributed by atoms with van der Waals surface area (Å²) in [5.74, 6) is 2.28. The first kappa shape index (κ1) is 14.8. The summed E-state index contributed by atoms with van der Waals surface area (Å²) in [7, 11) is 3.48. The van der Waals surface area contributed by atoms with E-state index in [4.69, 9.17) is 14.0 Å². The highest BCUT2D eigenvalue weighted by atomic mass is 16.5. The molecule has 0 bridgehead atoms. The van der Waals surface area contributed by atoms with Crippen LogP contribution in [0.5, 0.6) is 11.5 Å². The van der Waals surface area contributed by atoms with Gasteiger partial charge < -0.3 is 19.3 Å². The summed E-state index contributed by atoms with van der Waals surface area (Å²) in [5, 5.41) is 6.99. The van der Waals surface area contributed by atoms with Crippen molar-refractivity contribution in [2.24, 2.45) is 0 Å². The zero-order chi connectivity index (χ0) is 15.4. The Hall–Kier alpha value is -2.17. The number of anilines is 1. The van der Waals surface area contributed by atoms with Gasteiger partial charge in [0.15, 0.2) is 11.5 Å². The maximum Gasteiger partial charge on any atom is 0.224 e. The highest BCUT2D eigenvalue weighted by molar-refractivity contribution is 5.44. The molecule has 0 unspecified atom stereocenters. The van der Waals surface area contributed by atoms with Gasteiger partial charge in [0.25, 0.3) is 0 Å². The second-order valence-corrected chi connectivity index (χ2v) is 5.62. The SMILES string of the molecule is CNc1cc(Cc2ccc(OC)c(OC3CCCC3)c2)no1. The fraction of sp³-hybridized carbons (Fsp3) is 0.471. The summed E-state index contributed by atoms with van der Waals surface area (Å²) in [4.78, 5) is 0. The second-order valence-electron chi connectivity index (χ2n) is 5.62. The van der Waals surface area contributed by atoms with E-state index in [1.165, 1.54) is 12.8 Å². The highest BCUT2D eigenvalue weighted by Crippen LogP contribution is 2.33. The van der Waals surface area contributed by atoms with Crippen LogP contribution in [0.25, 0.3) is 0 Å². The number of rotatable bonds is 6. The molecular formula is C17H22N2O3. The van der Waals surface area contributed by atoms with Gasteiger partial charge in [0, 0.05) is 19.5 Å². The third-order valence-corrected chi connectivity index (χ3v) is 4.01. The van der Waals surface area contributed by atoms with Crippen LogP contribution in [0, 0.1) is 0 Å². The molecule has 1 saturated carbocycles. The summed E-state index contributed by atoms with van der Waals surface area (Å²) in [5.41, 5.74) is 2.02. The average molecular weight is 302 g/mol. The van der Waals surface area contributed by atoms with Crippen LogP contribution in [0.3, 0.4) is 0 Å². The summed E-state index contributed by atoms with van der Waals surface area (Å²) < 4.78 is 16.7. The van der Waals surface area contributed by atoms with Crippen LogP contribution in [0.4, 0.5) is 5.88 Å². The van der Waals surface area contributed by atoms with Crippen LogP contribution in [-0.2, 0) is 6.42 Å². The number of nitrogens with one attached hydrogen (secondary N) is 1.